The molecule has 0 aliphatic carbocycles. The first kappa shape index (κ1) is 13.8. The second-order valence-corrected chi connectivity index (χ2v) is 6.10. The van der Waals surface area contributed by atoms with E-state index in [1.165, 1.54) is 6.07 Å². The summed E-state index contributed by atoms with van der Waals surface area (Å²) in [5.41, 5.74) is 3.25. The van der Waals surface area contributed by atoms with Crippen LogP contribution < -0.4 is 0 Å². The number of hydrogen-bond acceptors (Lipinski definition) is 1. The molecule has 2 aromatic carbocycles. The van der Waals surface area contributed by atoms with Gasteiger partial charge < -0.3 is 4.98 Å². The molecule has 0 aliphatic rings. The summed E-state index contributed by atoms with van der Waals surface area (Å²) in [4.78, 5) is 3.09. The molecule has 1 heterocycles. The van der Waals surface area contributed by atoms with Crippen LogP contribution in [0.2, 0.25) is 5.02 Å². The van der Waals surface area contributed by atoms with E-state index in [0.29, 0.717) is 14.3 Å². The number of halogens is 3. The first-order chi connectivity index (χ1) is 9.49. The molecular weight excluding hydrogens is 363 g/mol. The SMILES string of the molecule is Cc1cc(F)c(Br)cc1-n1c(=S)[nH]c2c(Cl)cccc21. The van der Waals surface area contributed by atoms with Crippen LogP contribution in [0.3, 0.4) is 0 Å². The number of rotatable bonds is 1. The van der Waals surface area contributed by atoms with Gasteiger partial charge in [-0.3, -0.25) is 4.57 Å². The van der Waals surface area contributed by atoms with Crippen molar-refractivity contribution in [3.8, 4) is 5.69 Å². The van der Waals surface area contributed by atoms with Gasteiger partial charge in [0.1, 0.15) is 5.82 Å². The van der Waals surface area contributed by atoms with Gasteiger partial charge in [0.15, 0.2) is 4.77 Å². The van der Waals surface area contributed by atoms with Crippen LogP contribution in [0.5, 0.6) is 0 Å². The fourth-order valence-corrected chi connectivity index (χ4v) is 3.06. The Balaban J connectivity index is 2.41. The van der Waals surface area contributed by atoms with Gasteiger partial charge in [-0.15, -0.1) is 0 Å². The largest absolute Gasteiger partial charge is 0.329 e. The van der Waals surface area contributed by atoms with E-state index in [2.05, 4.69) is 20.9 Å². The molecule has 0 bridgehead atoms. The average molecular weight is 372 g/mol. The molecule has 102 valence electrons. The van der Waals surface area contributed by atoms with Crippen molar-refractivity contribution in [2.24, 2.45) is 0 Å². The van der Waals surface area contributed by atoms with Gasteiger partial charge in [0.05, 0.1) is 26.2 Å². The average Bonchev–Trinajstić information content (AvgIpc) is 2.72. The van der Waals surface area contributed by atoms with Crippen molar-refractivity contribution < 1.29 is 4.39 Å². The number of para-hydroxylation sites is 1. The van der Waals surface area contributed by atoms with Gasteiger partial charge in [0.25, 0.3) is 0 Å². The molecular formula is C14H9BrClFN2S. The van der Waals surface area contributed by atoms with Crippen molar-refractivity contribution in [1.29, 1.82) is 0 Å². The third kappa shape index (κ3) is 2.10. The molecule has 20 heavy (non-hydrogen) atoms. The second kappa shape index (κ2) is 4.98. The predicted octanol–water partition coefficient (Wildman–Crippen LogP) is 5.55. The minimum absolute atomic E-state index is 0.296. The van der Waals surface area contributed by atoms with Crippen molar-refractivity contribution in [1.82, 2.24) is 9.55 Å². The summed E-state index contributed by atoms with van der Waals surface area (Å²) >= 11 is 14.7. The lowest BCUT2D eigenvalue weighted by atomic mass is 10.2. The molecule has 0 spiro atoms. The zero-order chi connectivity index (χ0) is 14.4. The van der Waals surface area contributed by atoms with Crippen molar-refractivity contribution in [3.63, 3.8) is 0 Å². The summed E-state index contributed by atoms with van der Waals surface area (Å²) < 4.78 is 16.3. The van der Waals surface area contributed by atoms with Gasteiger partial charge in [0, 0.05) is 0 Å². The Hall–Kier alpha value is -1.17. The molecule has 3 aromatic rings. The quantitative estimate of drug-likeness (QED) is 0.556. The molecule has 0 saturated heterocycles. The molecule has 1 N–H and O–H groups in total. The Labute approximate surface area is 133 Å². The maximum Gasteiger partial charge on any atom is 0.182 e. The summed E-state index contributed by atoms with van der Waals surface area (Å²) in [6.07, 6.45) is 0. The summed E-state index contributed by atoms with van der Waals surface area (Å²) in [5.74, 6) is -0.296. The number of H-pyrrole nitrogens is 1. The molecule has 1 aromatic heterocycles. The third-order valence-electron chi connectivity index (χ3n) is 3.15. The summed E-state index contributed by atoms with van der Waals surface area (Å²) in [7, 11) is 0. The molecule has 0 saturated carbocycles. The van der Waals surface area contributed by atoms with E-state index in [9.17, 15) is 4.39 Å². The fourth-order valence-electron chi connectivity index (χ4n) is 2.21. The smallest absolute Gasteiger partial charge is 0.182 e. The summed E-state index contributed by atoms with van der Waals surface area (Å²) in [6, 6.07) is 8.77. The monoisotopic (exact) mass is 370 g/mol. The van der Waals surface area contributed by atoms with Crippen LogP contribution in [-0.2, 0) is 0 Å². The van der Waals surface area contributed by atoms with Gasteiger partial charge in [-0.25, -0.2) is 4.39 Å². The van der Waals surface area contributed by atoms with E-state index in [0.717, 1.165) is 22.3 Å². The summed E-state index contributed by atoms with van der Waals surface area (Å²) in [5, 5.41) is 0.603. The topological polar surface area (TPSA) is 20.7 Å². The normalized spacial score (nSPS) is 11.2. The van der Waals surface area contributed by atoms with Crippen molar-refractivity contribution >= 4 is 50.8 Å². The van der Waals surface area contributed by atoms with Gasteiger partial charge in [-0.05, 0) is 64.9 Å². The lowest BCUT2D eigenvalue weighted by Gasteiger charge is -2.10. The first-order valence-corrected chi connectivity index (χ1v) is 7.42. The van der Waals surface area contributed by atoms with Gasteiger partial charge >= 0.3 is 0 Å². The Morgan fingerprint density at radius 3 is 2.85 bits per heavy atom. The van der Waals surface area contributed by atoms with E-state index in [4.69, 9.17) is 23.8 Å². The molecule has 6 heteroatoms. The van der Waals surface area contributed by atoms with Crippen LogP contribution in [0.25, 0.3) is 16.7 Å². The Kier molecular flexibility index (Phi) is 3.44. The zero-order valence-electron chi connectivity index (χ0n) is 10.4. The first-order valence-electron chi connectivity index (χ1n) is 5.84. The molecule has 0 aliphatic heterocycles. The minimum Gasteiger partial charge on any atom is -0.329 e. The molecule has 3 rings (SSSR count). The number of aryl methyl sites for hydroxylation is 1. The van der Waals surface area contributed by atoms with Crippen LogP contribution in [0.15, 0.2) is 34.8 Å². The number of aromatic nitrogens is 2. The second-order valence-electron chi connectivity index (χ2n) is 4.45. The van der Waals surface area contributed by atoms with Crippen LogP contribution in [0.4, 0.5) is 4.39 Å². The number of fused-ring (bicyclic) bond motifs is 1. The Morgan fingerprint density at radius 2 is 2.10 bits per heavy atom. The van der Waals surface area contributed by atoms with Crippen LogP contribution in [0.1, 0.15) is 5.56 Å². The number of nitrogens with zero attached hydrogens (tertiary/aromatic N) is 1. The molecule has 0 radical (unpaired) electrons. The fraction of sp³-hybridized carbons (Fsp3) is 0.0714. The van der Waals surface area contributed by atoms with Crippen LogP contribution in [0, 0.1) is 17.5 Å². The molecule has 0 atom stereocenters. The molecule has 2 nitrogen and oxygen atoms in total. The van der Waals surface area contributed by atoms with Crippen molar-refractivity contribution in [2.75, 3.05) is 0 Å². The molecule has 0 unspecified atom stereocenters. The number of hydrogen-bond donors (Lipinski definition) is 1. The maximum atomic E-state index is 13.6. The third-order valence-corrected chi connectivity index (χ3v) is 4.35. The van der Waals surface area contributed by atoms with Crippen molar-refractivity contribution in [2.45, 2.75) is 6.92 Å². The van der Waals surface area contributed by atoms with Crippen molar-refractivity contribution in [3.05, 3.63) is 56.0 Å². The maximum absolute atomic E-state index is 13.6. The van der Waals surface area contributed by atoms with Crippen LogP contribution >= 0.6 is 39.7 Å². The number of benzene rings is 2. The van der Waals surface area contributed by atoms with E-state index in [-0.39, 0.29) is 5.82 Å². The number of nitrogens with one attached hydrogen (secondary N) is 1. The summed E-state index contributed by atoms with van der Waals surface area (Å²) in [6.45, 7) is 1.84. The predicted molar refractivity (Wildman–Crippen MR) is 85.9 cm³/mol. The molecule has 0 fully saturated rings. The lowest BCUT2D eigenvalue weighted by molar-refractivity contribution is 0.619. The highest BCUT2D eigenvalue weighted by Crippen LogP contribution is 2.29. The Morgan fingerprint density at radius 1 is 1.35 bits per heavy atom. The minimum atomic E-state index is -0.296. The Bertz CT molecular complexity index is 885. The lowest BCUT2D eigenvalue weighted by Crippen LogP contribution is -1.98. The number of aromatic amines is 1. The highest BCUT2D eigenvalue weighted by Gasteiger charge is 2.13. The van der Waals surface area contributed by atoms with E-state index in [1.807, 2.05) is 23.6 Å². The zero-order valence-corrected chi connectivity index (χ0v) is 13.5. The van der Waals surface area contributed by atoms with E-state index in [1.54, 1.807) is 12.1 Å². The van der Waals surface area contributed by atoms with Crippen LogP contribution in [-0.4, -0.2) is 9.55 Å². The van der Waals surface area contributed by atoms with E-state index < -0.39 is 0 Å². The standard InChI is InChI=1S/C14H9BrClFN2S/c1-7-5-10(17)8(15)6-12(7)19-11-4-2-3-9(16)13(11)18-14(19)20/h2-6H,1H3,(H,18,20). The highest BCUT2D eigenvalue weighted by molar-refractivity contribution is 9.10. The highest BCUT2D eigenvalue weighted by atomic mass is 79.9. The number of imidazole rings is 1. The van der Waals surface area contributed by atoms with Gasteiger partial charge in [0.2, 0.25) is 0 Å². The van der Waals surface area contributed by atoms with Gasteiger partial charge in [-0.2, -0.15) is 0 Å². The van der Waals surface area contributed by atoms with Gasteiger partial charge in [-0.1, -0.05) is 17.7 Å². The van der Waals surface area contributed by atoms with E-state index >= 15 is 0 Å². The molecule has 0 amide bonds.